The number of ether oxygens (including phenoxy) is 1. The SMILES string of the molecule is COc1ccc(Cl)cc1N(CC(=O)NC(C)C)C(C)=O. The smallest absolute Gasteiger partial charge is 0.240 e. The van der Waals surface area contributed by atoms with E-state index >= 15 is 0 Å². The number of carbonyl (C=O) groups excluding carboxylic acids is 2. The fraction of sp³-hybridized carbons (Fsp3) is 0.429. The molecule has 0 saturated heterocycles. The Kier molecular flexibility index (Phi) is 5.82. The fourth-order valence-electron chi connectivity index (χ4n) is 1.75. The second-order valence-electron chi connectivity index (χ2n) is 4.64. The average molecular weight is 299 g/mol. The van der Waals surface area contributed by atoms with Crippen molar-refractivity contribution in [3.63, 3.8) is 0 Å². The third-order valence-electron chi connectivity index (χ3n) is 2.56. The maximum atomic E-state index is 11.8. The Balaban J connectivity index is 3.05. The lowest BCUT2D eigenvalue weighted by atomic mass is 10.2. The molecule has 0 aliphatic carbocycles. The molecule has 20 heavy (non-hydrogen) atoms. The number of amides is 2. The molecular weight excluding hydrogens is 280 g/mol. The molecule has 0 aliphatic heterocycles. The highest BCUT2D eigenvalue weighted by Gasteiger charge is 2.20. The highest BCUT2D eigenvalue weighted by atomic mass is 35.5. The maximum absolute atomic E-state index is 11.8. The first-order chi connectivity index (χ1) is 9.35. The number of hydrogen-bond donors (Lipinski definition) is 1. The molecule has 0 saturated carbocycles. The van der Waals surface area contributed by atoms with Crippen LogP contribution in [-0.4, -0.2) is 31.5 Å². The van der Waals surface area contributed by atoms with Gasteiger partial charge in [-0.15, -0.1) is 0 Å². The van der Waals surface area contributed by atoms with Gasteiger partial charge in [0.2, 0.25) is 11.8 Å². The summed E-state index contributed by atoms with van der Waals surface area (Å²) < 4.78 is 5.21. The predicted molar refractivity (Wildman–Crippen MR) is 79.3 cm³/mol. The van der Waals surface area contributed by atoms with E-state index in [1.54, 1.807) is 18.2 Å². The summed E-state index contributed by atoms with van der Waals surface area (Å²) in [5.74, 6) is -0.0105. The van der Waals surface area contributed by atoms with Crippen LogP contribution < -0.4 is 15.0 Å². The number of nitrogens with one attached hydrogen (secondary N) is 1. The lowest BCUT2D eigenvalue weighted by Crippen LogP contribution is -2.42. The van der Waals surface area contributed by atoms with E-state index in [2.05, 4.69) is 5.32 Å². The van der Waals surface area contributed by atoms with E-state index in [1.165, 1.54) is 18.9 Å². The molecular formula is C14H19ClN2O3. The molecule has 0 aromatic heterocycles. The molecule has 1 aromatic rings. The van der Waals surface area contributed by atoms with Crippen LogP contribution in [0.25, 0.3) is 0 Å². The van der Waals surface area contributed by atoms with Gasteiger partial charge in [0.05, 0.1) is 12.8 Å². The van der Waals surface area contributed by atoms with Gasteiger partial charge in [0.15, 0.2) is 0 Å². The van der Waals surface area contributed by atoms with Crippen LogP contribution in [0.1, 0.15) is 20.8 Å². The summed E-state index contributed by atoms with van der Waals surface area (Å²) in [5.41, 5.74) is 0.478. The number of methoxy groups -OCH3 is 1. The highest BCUT2D eigenvalue weighted by Crippen LogP contribution is 2.31. The molecule has 0 bridgehead atoms. The molecule has 6 heteroatoms. The van der Waals surface area contributed by atoms with Gasteiger partial charge >= 0.3 is 0 Å². The lowest BCUT2D eigenvalue weighted by Gasteiger charge is -2.23. The number of rotatable bonds is 5. The molecule has 0 fully saturated rings. The lowest BCUT2D eigenvalue weighted by molar-refractivity contribution is -0.123. The first-order valence-corrected chi connectivity index (χ1v) is 6.64. The van der Waals surface area contributed by atoms with Crippen molar-refractivity contribution in [1.29, 1.82) is 0 Å². The van der Waals surface area contributed by atoms with Crippen molar-refractivity contribution in [1.82, 2.24) is 5.32 Å². The molecule has 0 heterocycles. The number of carbonyl (C=O) groups is 2. The van der Waals surface area contributed by atoms with Crippen molar-refractivity contribution < 1.29 is 14.3 Å². The van der Waals surface area contributed by atoms with Gasteiger partial charge < -0.3 is 10.1 Å². The summed E-state index contributed by atoms with van der Waals surface area (Å²) in [7, 11) is 1.50. The third kappa shape index (κ3) is 4.42. The minimum absolute atomic E-state index is 0.0116. The molecule has 1 rings (SSSR count). The summed E-state index contributed by atoms with van der Waals surface area (Å²) in [6, 6.07) is 4.94. The van der Waals surface area contributed by atoms with Crippen LogP contribution in [-0.2, 0) is 9.59 Å². The molecule has 0 radical (unpaired) electrons. The van der Waals surface area contributed by atoms with Crippen LogP contribution in [0.5, 0.6) is 5.75 Å². The van der Waals surface area contributed by atoms with Crippen molar-refractivity contribution >= 4 is 29.1 Å². The summed E-state index contributed by atoms with van der Waals surface area (Å²) >= 11 is 5.95. The number of halogens is 1. The molecule has 0 atom stereocenters. The summed E-state index contributed by atoms with van der Waals surface area (Å²) in [5, 5.41) is 3.21. The van der Waals surface area contributed by atoms with Gasteiger partial charge in [-0.25, -0.2) is 0 Å². The monoisotopic (exact) mass is 298 g/mol. The zero-order chi connectivity index (χ0) is 15.3. The van der Waals surface area contributed by atoms with Crippen LogP contribution in [0.2, 0.25) is 5.02 Å². The van der Waals surface area contributed by atoms with Crippen LogP contribution in [0, 0.1) is 0 Å². The topological polar surface area (TPSA) is 58.6 Å². The molecule has 0 spiro atoms. The van der Waals surface area contributed by atoms with Crippen LogP contribution >= 0.6 is 11.6 Å². The standard InChI is InChI=1S/C14H19ClN2O3/c1-9(2)16-14(19)8-17(10(3)18)12-7-11(15)5-6-13(12)20-4/h5-7,9H,8H2,1-4H3,(H,16,19). The second kappa shape index (κ2) is 7.14. The van der Waals surface area contributed by atoms with Gasteiger partial charge in [-0.1, -0.05) is 11.6 Å². The summed E-state index contributed by atoms with van der Waals surface area (Å²) in [6.45, 7) is 5.03. The summed E-state index contributed by atoms with van der Waals surface area (Å²) in [4.78, 5) is 25.0. The van der Waals surface area contributed by atoms with Gasteiger partial charge in [-0.05, 0) is 32.0 Å². The Morgan fingerprint density at radius 1 is 1.40 bits per heavy atom. The Hall–Kier alpha value is -1.75. The van der Waals surface area contributed by atoms with Crippen LogP contribution in [0.3, 0.4) is 0 Å². The van der Waals surface area contributed by atoms with E-state index in [9.17, 15) is 9.59 Å². The minimum atomic E-state index is -0.260. The van der Waals surface area contributed by atoms with Gasteiger partial charge in [0.25, 0.3) is 0 Å². The Labute approximate surface area is 123 Å². The maximum Gasteiger partial charge on any atom is 0.240 e. The van der Waals surface area contributed by atoms with Crippen molar-refractivity contribution in [2.45, 2.75) is 26.8 Å². The number of benzene rings is 1. The number of nitrogens with zero attached hydrogens (tertiary/aromatic N) is 1. The van der Waals surface area contributed by atoms with Crippen molar-refractivity contribution in [3.05, 3.63) is 23.2 Å². The van der Waals surface area contributed by atoms with E-state index in [0.717, 1.165) is 0 Å². The van der Waals surface area contributed by atoms with Gasteiger partial charge in [-0.3, -0.25) is 14.5 Å². The van der Waals surface area contributed by atoms with Gasteiger partial charge in [-0.2, -0.15) is 0 Å². The van der Waals surface area contributed by atoms with Crippen molar-refractivity contribution in [3.8, 4) is 5.75 Å². The highest BCUT2D eigenvalue weighted by molar-refractivity contribution is 6.31. The van der Waals surface area contributed by atoms with E-state index in [0.29, 0.717) is 16.5 Å². The zero-order valence-corrected chi connectivity index (χ0v) is 12.8. The van der Waals surface area contributed by atoms with Crippen molar-refractivity contribution in [2.75, 3.05) is 18.6 Å². The zero-order valence-electron chi connectivity index (χ0n) is 12.1. The fourth-order valence-corrected chi connectivity index (χ4v) is 1.92. The third-order valence-corrected chi connectivity index (χ3v) is 2.80. The first-order valence-electron chi connectivity index (χ1n) is 6.26. The van der Waals surface area contributed by atoms with Crippen LogP contribution in [0.15, 0.2) is 18.2 Å². The molecule has 0 aliphatic rings. The average Bonchev–Trinajstić information content (AvgIpc) is 2.34. The Morgan fingerprint density at radius 3 is 2.55 bits per heavy atom. The van der Waals surface area contributed by atoms with E-state index in [1.807, 2.05) is 13.8 Å². The molecule has 110 valence electrons. The largest absolute Gasteiger partial charge is 0.495 e. The molecule has 0 unspecified atom stereocenters. The Morgan fingerprint density at radius 2 is 2.05 bits per heavy atom. The van der Waals surface area contributed by atoms with Gasteiger partial charge in [0.1, 0.15) is 12.3 Å². The molecule has 1 aromatic carbocycles. The van der Waals surface area contributed by atoms with E-state index < -0.39 is 0 Å². The first kappa shape index (κ1) is 16.3. The minimum Gasteiger partial charge on any atom is -0.495 e. The molecule has 1 N–H and O–H groups in total. The van der Waals surface area contributed by atoms with Gasteiger partial charge in [0, 0.05) is 18.0 Å². The second-order valence-corrected chi connectivity index (χ2v) is 5.08. The van der Waals surface area contributed by atoms with Crippen LogP contribution in [0.4, 0.5) is 5.69 Å². The number of anilines is 1. The number of hydrogen-bond acceptors (Lipinski definition) is 3. The normalized spacial score (nSPS) is 10.3. The predicted octanol–water partition coefficient (Wildman–Crippen LogP) is 2.23. The quantitative estimate of drug-likeness (QED) is 0.907. The van der Waals surface area contributed by atoms with E-state index in [4.69, 9.17) is 16.3 Å². The molecule has 2 amide bonds. The molecule has 5 nitrogen and oxygen atoms in total. The van der Waals surface area contributed by atoms with E-state index in [-0.39, 0.29) is 24.4 Å². The van der Waals surface area contributed by atoms with Crippen molar-refractivity contribution in [2.24, 2.45) is 0 Å². The Bertz CT molecular complexity index is 503. The summed E-state index contributed by atoms with van der Waals surface area (Å²) in [6.07, 6.45) is 0.